The number of fused-ring (bicyclic) bond motifs is 1. The van der Waals surface area contributed by atoms with E-state index in [4.69, 9.17) is 0 Å². The molecule has 1 aromatic carbocycles. The van der Waals surface area contributed by atoms with Crippen LogP contribution in [0.5, 0.6) is 0 Å². The summed E-state index contributed by atoms with van der Waals surface area (Å²) in [4.78, 5) is 18.4. The van der Waals surface area contributed by atoms with Crippen LogP contribution in [0.15, 0.2) is 54.9 Å². The highest BCUT2D eigenvalue weighted by atomic mass is 19.1. The first-order valence-electron chi connectivity index (χ1n) is 8.23. The van der Waals surface area contributed by atoms with Crippen LogP contribution in [0.3, 0.4) is 0 Å². The van der Waals surface area contributed by atoms with Crippen LogP contribution >= 0.6 is 0 Å². The molecule has 128 valence electrons. The van der Waals surface area contributed by atoms with Crippen LogP contribution in [-0.2, 0) is 11.3 Å². The lowest BCUT2D eigenvalue weighted by Gasteiger charge is -2.15. The Morgan fingerprint density at radius 3 is 2.72 bits per heavy atom. The van der Waals surface area contributed by atoms with Gasteiger partial charge in [-0.15, -0.1) is 0 Å². The van der Waals surface area contributed by atoms with E-state index in [-0.39, 0.29) is 11.7 Å². The van der Waals surface area contributed by atoms with Gasteiger partial charge in [0.2, 0.25) is 0 Å². The maximum absolute atomic E-state index is 13.2. The van der Waals surface area contributed by atoms with Crippen LogP contribution in [0.25, 0.3) is 5.65 Å². The van der Waals surface area contributed by atoms with Gasteiger partial charge in [-0.3, -0.25) is 9.69 Å². The van der Waals surface area contributed by atoms with Crippen molar-refractivity contribution in [3.63, 3.8) is 0 Å². The molecule has 3 heterocycles. The predicted molar refractivity (Wildman–Crippen MR) is 90.7 cm³/mol. The molecule has 25 heavy (non-hydrogen) atoms. The second-order valence-corrected chi connectivity index (χ2v) is 6.50. The lowest BCUT2D eigenvalue weighted by molar-refractivity contribution is -0.141. The number of likely N-dealkylation sites (tertiary alicyclic amines) is 1. The topological polar surface area (TPSA) is 57.8 Å². The number of halogens is 1. The molecular formula is C19H18FN3O2. The molecule has 0 radical (unpaired) electrons. The van der Waals surface area contributed by atoms with E-state index in [1.807, 2.05) is 35.0 Å². The number of benzene rings is 1. The molecule has 1 aliphatic rings. The van der Waals surface area contributed by atoms with Crippen molar-refractivity contribution < 1.29 is 14.3 Å². The van der Waals surface area contributed by atoms with Gasteiger partial charge in [0.05, 0.1) is 11.6 Å². The zero-order chi connectivity index (χ0) is 17.4. The Bertz CT molecular complexity index is 873. The van der Waals surface area contributed by atoms with Gasteiger partial charge in [0, 0.05) is 37.9 Å². The van der Waals surface area contributed by atoms with E-state index in [9.17, 15) is 14.3 Å². The van der Waals surface area contributed by atoms with Crippen LogP contribution in [-0.4, -0.2) is 38.4 Å². The average Bonchev–Trinajstić information content (AvgIpc) is 3.19. The normalized spacial score (nSPS) is 21.0. The number of imidazole rings is 1. The van der Waals surface area contributed by atoms with E-state index in [1.54, 1.807) is 12.1 Å². The van der Waals surface area contributed by atoms with Crippen LogP contribution in [0.2, 0.25) is 0 Å². The van der Waals surface area contributed by atoms with Crippen LogP contribution in [0.4, 0.5) is 4.39 Å². The van der Waals surface area contributed by atoms with E-state index >= 15 is 0 Å². The standard InChI is InChI=1S/C19H18FN3O2/c20-14-6-4-13(5-7-14)16-11-22(12-17(16)19(24)25)9-15-10-23-8-2-1-3-18(23)21-15/h1-8,10,16-17H,9,11-12H2,(H,24,25)/t16-,17+/m0/s1. The summed E-state index contributed by atoms with van der Waals surface area (Å²) in [5.41, 5.74) is 2.66. The summed E-state index contributed by atoms with van der Waals surface area (Å²) in [7, 11) is 0. The summed E-state index contributed by atoms with van der Waals surface area (Å²) in [6.45, 7) is 1.69. The number of carbonyl (C=O) groups is 1. The highest BCUT2D eigenvalue weighted by Gasteiger charge is 2.38. The number of pyridine rings is 1. The lowest BCUT2D eigenvalue weighted by atomic mass is 9.89. The Morgan fingerprint density at radius 2 is 2.00 bits per heavy atom. The fourth-order valence-electron chi connectivity index (χ4n) is 3.60. The third-order valence-corrected chi connectivity index (χ3v) is 4.81. The predicted octanol–water partition coefficient (Wildman–Crippen LogP) is 2.77. The van der Waals surface area contributed by atoms with E-state index in [0.717, 1.165) is 16.9 Å². The van der Waals surface area contributed by atoms with E-state index < -0.39 is 11.9 Å². The summed E-state index contributed by atoms with van der Waals surface area (Å²) in [6, 6.07) is 12.0. The number of carboxylic acid groups (broad SMARTS) is 1. The highest BCUT2D eigenvalue weighted by molar-refractivity contribution is 5.72. The average molecular weight is 339 g/mol. The number of rotatable bonds is 4. The maximum Gasteiger partial charge on any atom is 0.308 e. The van der Waals surface area contributed by atoms with Gasteiger partial charge in [-0.1, -0.05) is 18.2 Å². The minimum absolute atomic E-state index is 0.143. The molecule has 1 fully saturated rings. The number of aliphatic carboxylic acids is 1. The number of carboxylic acids is 1. The maximum atomic E-state index is 13.2. The first-order valence-corrected chi connectivity index (χ1v) is 8.23. The third-order valence-electron chi connectivity index (χ3n) is 4.81. The summed E-state index contributed by atoms with van der Waals surface area (Å²) >= 11 is 0. The van der Waals surface area contributed by atoms with E-state index in [1.165, 1.54) is 12.1 Å². The summed E-state index contributed by atoms with van der Waals surface area (Å²) in [6.07, 6.45) is 3.91. The lowest BCUT2D eigenvalue weighted by Crippen LogP contribution is -2.23. The highest BCUT2D eigenvalue weighted by Crippen LogP contribution is 2.33. The summed E-state index contributed by atoms with van der Waals surface area (Å²) in [5, 5.41) is 9.58. The van der Waals surface area contributed by atoms with Gasteiger partial charge >= 0.3 is 5.97 Å². The molecule has 3 aromatic rings. The van der Waals surface area contributed by atoms with Crippen LogP contribution in [0.1, 0.15) is 17.2 Å². The van der Waals surface area contributed by atoms with Gasteiger partial charge in [0.15, 0.2) is 0 Å². The molecule has 0 spiro atoms. The van der Waals surface area contributed by atoms with E-state index in [0.29, 0.717) is 19.6 Å². The molecule has 6 heteroatoms. The van der Waals surface area contributed by atoms with Gasteiger partial charge < -0.3 is 9.51 Å². The molecule has 0 bridgehead atoms. The largest absolute Gasteiger partial charge is 0.481 e. The van der Waals surface area contributed by atoms with Crippen molar-refractivity contribution in [2.45, 2.75) is 12.5 Å². The zero-order valence-corrected chi connectivity index (χ0v) is 13.5. The fraction of sp³-hybridized carbons (Fsp3) is 0.263. The zero-order valence-electron chi connectivity index (χ0n) is 13.5. The van der Waals surface area contributed by atoms with Crippen molar-refractivity contribution >= 4 is 11.6 Å². The molecule has 1 N–H and O–H groups in total. The molecule has 2 aromatic heterocycles. The van der Waals surface area contributed by atoms with Crippen molar-refractivity contribution in [1.82, 2.24) is 14.3 Å². The number of nitrogens with zero attached hydrogens (tertiary/aromatic N) is 3. The van der Waals surface area contributed by atoms with E-state index in [2.05, 4.69) is 9.88 Å². The number of hydrogen-bond donors (Lipinski definition) is 1. The van der Waals surface area contributed by atoms with Crippen molar-refractivity contribution in [1.29, 1.82) is 0 Å². The third kappa shape index (κ3) is 3.13. The first-order chi connectivity index (χ1) is 12.1. The molecule has 5 nitrogen and oxygen atoms in total. The second-order valence-electron chi connectivity index (χ2n) is 6.50. The molecule has 1 aliphatic heterocycles. The van der Waals surface area contributed by atoms with Crippen molar-refractivity contribution in [2.75, 3.05) is 13.1 Å². The Morgan fingerprint density at radius 1 is 1.20 bits per heavy atom. The van der Waals surface area contributed by atoms with Gasteiger partial charge in [-0.05, 0) is 29.8 Å². The Kier molecular flexibility index (Phi) is 3.97. The van der Waals surface area contributed by atoms with Gasteiger partial charge in [0.25, 0.3) is 0 Å². The quantitative estimate of drug-likeness (QED) is 0.794. The van der Waals surface area contributed by atoms with Crippen molar-refractivity contribution in [2.24, 2.45) is 5.92 Å². The SMILES string of the molecule is O=C(O)[C@@H]1CN(Cc2cn3ccccc3n2)C[C@H]1c1ccc(F)cc1. The molecule has 0 amide bonds. The molecule has 0 saturated carbocycles. The van der Waals surface area contributed by atoms with Gasteiger partial charge in [0.1, 0.15) is 11.5 Å². The van der Waals surface area contributed by atoms with Gasteiger partial charge in [-0.25, -0.2) is 9.37 Å². The summed E-state index contributed by atoms with van der Waals surface area (Å²) < 4.78 is 15.1. The summed E-state index contributed by atoms with van der Waals surface area (Å²) in [5.74, 6) is -1.76. The monoisotopic (exact) mass is 339 g/mol. The molecular weight excluding hydrogens is 321 g/mol. The smallest absolute Gasteiger partial charge is 0.308 e. The molecule has 4 rings (SSSR count). The van der Waals surface area contributed by atoms with Crippen molar-refractivity contribution in [3.8, 4) is 0 Å². The Labute approximate surface area is 144 Å². The molecule has 2 atom stereocenters. The Balaban J connectivity index is 1.55. The molecule has 1 saturated heterocycles. The molecule has 0 unspecified atom stereocenters. The Hall–Kier alpha value is -2.73. The minimum Gasteiger partial charge on any atom is -0.481 e. The minimum atomic E-state index is -0.813. The number of hydrogen-bond acceptors (Lipinski definition) is 3. The van der Waals surface area contributed by atoms with Crippen molar-refractivity contribution in [3.05, 3.63) is 71.9 Å². The van der Waals surface area contributed by atoms with Crippen LogP contribution in [0, 0.1) is 11.7 Å². The number of aromatic nitrogens is 2. The fourth-order valence-corrected chi connectivity index (χ4v) is 3.60. The molecule has 0 aliphatic carbocycles. The van der Waals surface area contributed by atoms with Crippen LogP contribution < -0.4 is 0 Å². The second kappa shape index (κ2) is 6.29. The first kappa shape index (κ1) is 15.8. The van der Waals surface area contributed by atoms with Gasteiger partial charge in [-0.2, -0.15) is 0 Å².